The molecule has 0 fully saturated rings. The molecule has 0 aliphatic rings. The van der Waals surface area contributed by atoms with Gasteiger partial charge in [-0.05, 0) is 30.2 Å². The summed E-state index contributed by atoms with van der Waals surface area (Å²) in [5, 5.41) is 9.82. The number of hydrogen-bond acceptors (Lipinski definition) is 3. The monoisotopic (exact) mass is 235 g/mol. The third kappa shape index (κ3) is 4.55. The minimum absolute atomic E-state index is 0.000987. The Bertz CT molecular complexity index is 399. The first kappa shape index (κ1) is 13.0. The van der Waals surface area contributed by atoms with Crippen LogP contribution in [0.25, 0.3) is 0 Å². The molecule has 0 aliphatic carbocycles. The van der Waals surface area contributed by atoms with Gasteiger partial charge in [0.15, 0.2) is 0 Å². The smallest absolute Gasteiger partial charge is 0.411 e. The number of rotatable bonds is 4. The predicted octanol–water partition coefficient (Wildman–Crippen LogP) is 2.18. The fourth-order valence-electron chi connectivity index (χ4n) is 1.13. The molecular formula is C12H17N3O2. The lowest BCUT2D eigenvalue weighted by Gasteiger charge is -2.09. The molecule has 0 spiro atoms. The van der Waals surface area contributed by atoms with Gasteiger partial charge in [0.25, 0.3) is 0 Å². The van der Waals surface area contributed by atoms with Crippen molar-refractivity contribution in [2.24, 2.45) is 11.7 Å². The molecule has 17 heavy (non-hydrogen) atoms. The maximum Gasteiger partial charge on any atom is 0.411 e. The van der Waals surface area contributed by atoms with E-state index >= 15 is 0 Å². The van der Waals surface area contributed by atoms with E-state index in [9.17, 15) is 4.79 Å². The van der Waals surface area contributed by atoms with E-state index in [0.29, 0.717) is 23.8 Å². The Kier molecular flexibility index (Phi) is 4.51. The van der Waals surface area contributed by atoms with Crippen LogP contribution in [0.15, 0.2) is 24.3 Å². The second-order valence-corrected chi connectivity index (χ2v) is 4.11. The van der Waals surface area contributed by atoms with Gasteiger partial charge in [0, 0.05) is 11.3 Å². The van der Waals surface area contributed by atoms with Crippen molar-refractivity contribution in [1.82, 2.24) is 0 Å². The van der Waals surface area contributed by atoms with Crippen LogP contribution in [-0.4, -0.2) is 18.5 Å². The van der Waals surface area contributed by atoms with E-state index in [2.05, 4.69) is 5.32 Å². The molecule has 0 atom stereocenters. The summed E-state index contributed by atoms with van der Waals surface area (Å²) in [6.45, 7) is 4.32. The quantitative estimate of drug-likeness (QED) is 0.552. The lowest BCUT2D eigenvalue weighted by Crippen LogP contribution is -2.17. The largest absolute Gasteiger partial charge is 0.449 e. The summed E-state index contributed by atoms with van der Waals surface area (Å²) in [7, 11) is 0. The second-order valence-electron chi connectivity index (χ2n) is 4.11. The van der Waals surface area contributed by atoms with Gasteiger partial charge in [0.2, 0.25) is 0 Å². The molecule has 5 heteroatoms. The average Bonchev–Trinajstić information content (AvgIpc) is 2.27. The van der Waals surface area contributed by atoms with Crippen LogP contribution in [0.2, 0.25) is 0 Å². The highest BCUT2D eigenvalue weighted by molar-refractivity contribution is 5.95. The Labute approximate surface area is 100 Å². The van der Waals surface area contributed by atoms with Gasteiger partial charge >= 0.3 is 6.09 Å². The second kappa shape index (κ2) is 5.89. The van der Waals surface area contributed by atoms with E-state index in [0.717, 1.165) is 0 Å². The summed E-state index contributed by atoms with van der Waals surface area (Å²) in [4.78, 5) is 11.3. The van der Waals surface area contributed by atoms with Crippen LogP contribution in [0.1, 0.15) is 19.4 Å². The van der Waals surface area contributed by atoms with Gasteiger partial charge in [-0.15, -0.1) is 0 Å². The highest BCUT2D eigenvalue weighted by Gasteiger charge is 2.04. The van der Waals surface area contributed by atoms with E-state index in [-0.39, 0.29) is 5.84 Å². The van der Waals surface area contributed by atoms with Crippen LogP contribution >= 0.6 is 0 Å². The number of carbonyl (C=O) groups is 1. The topological polar surface area (TPSA) is 88.2 Å². The Morgan fingerprint density at radius 3 is 2.47 bits per heavy atom. The number of amidine groups is 1. The molecule has 1 amide bonds. The first-order chi connectivity index (χ1) is 7.99. The van der Waals surface area contributed by atoms with Gasteiger partial charge in [0.1, 0.15) is 5.84 Å². The van der Waals surface area contributed by atoms with Crippen molar-refractivity contribution in [3.05, 3.63) is 29.8 Å². The normalized spacial score (nSPS) is 10.1. The Hall–Kier alpha value is -2.04. The van der Waals surface area contributed by atoms with Crippen molar-refractivity contribution in [3.63, 3.8) is 0 Å². The van der Waals surface area contributed by atoms with Crippen molar-refractivity contribution in [2.75, 3.05) is 11.9 Å². The molecule has 0 aromatic heterocycles. The summed E-state index contributed by atoms with van der Waals surface area (Å²) < 4.78 is 4.97. The number of hydrogen-bond donors (Lipinski definition) is 3. The highest BCUT2D eigenvalue weighted by atomic mass is 16.5. The predicted molar refractivity (Wildman–Crippen MR) is 67.3 cm³/mol. The van der Waals surface area contributed by atoms with Crippen LogP contribution in [0, 0.1) is 11.3 Å². The van der Waals surface area contributed by atoms with Crippen LogP contribution in [0.4, 0.5) is 10.5 Å². The zero-order valence-corrected chi connectivity index (χ0v) is 9.99. The number of nitrogens with two attached hydrogens (primary N) is 1. The Morgan fingerprint density at radius 2 is 2.00 bits per heavy atom. The number of ether oxygens (including phenoxy) is 1. The molecule has 0 saturated carbocycles. The molecule has 0 saturated heterocycles. The Morgan fingerprint density at radius 1 is 1.41 bits per heavy atom. The van der Waals surface area contributed by atoms with Crippen LogP contribution < -0.4 is 11.1 Å². The molecule has 0 aliphatic heterocycles. The number of nitrogens with one attached hydrogen (secondary N) is 2. The number of carbonyl (C=O) groups excluding carboxylic acids is 1. The SMILES string of the molecule is CC(C)COC(=O)Nc1ccc(C(=N)N)cc1. The lowest BCUT2D eigenvalue weighted by molar-refractivity contribution is 0.147. The van der Waals surface area contributed by atoms with Gasteiger partial charge < -0.3 is 10.5 Å². The Balaban J connectivity index is 2.51. The van der Waals surface area contributed by atoms with Crippen molar-refractivity contribution in [1.29, 1.82) is 5.41 Å². The third-order valence-electron chi connectivity index (χ3n) is 1.99. The maximum atomic E-state index is 11.3. The zero-order chi connectivity index (χ0) is 12.8. The molecule has 0 heterocycles. The van der Waals surface area contributed by atoms with Crippen molar-refractivity contribution >= 4 is 17.6 Å². The van der Waals surface area contributed by atoms with Crippen LogP contribution in [0.3, 0.4) is 0 Å². The van der Waals surface area contributed by atoms with Crippen LogP contribution in [-0.2, 0) is 4.74 Å². The minimum atomic E-state index is -0.478. The number of amides is 1. The molecule has 1 aromatic rings. The average molecular weight is 235 g/mol. The molecule has 0 bridgehead atoms. The van der Waals surface area contributed by atoms with Crippen molar-refractivity contribution < 1.29 is 9.53 Å². The van der Waals surface area contributed by atoms with Crippen molar-refractivity contribution in [3.8, 4) is 0 Å². The van der Waals surface area contributed by atoms with Crippen LogP contribution in [0.5, 0.6) is 0 Å². The molecule has 5 nitrogen and oxygen atoms in total. The fraction of sp³-hybridized carbons (Fsp3) is 0.333. The summed E-state index contributed by atoms with van der Waals surface area (Å²) in [6.07, 6.45) is -0.478. The molecule has 1 rings (SSSR count). The molecule has 1 aromatic carbocycles. The van der Waals surface area contributed by atoms with Gasteiger partial charge in [-0.25, -0.2) is 4.79 Å². The molecule has 92 valence electrons. The lowest BCUT2D eigenvalue weighted by atomic mass is 10.2. The summed E-state index contributed by atoms with van der Waals surface area (Å²) in [5.74, 6) is 0.305. The van der Waals surface area contributed by atoms with Crippen molar-refractivity contribution in [2.45, 2.75) is 13.8 Å². The fourth-order valence-corrected chi connectivity index (χ4v) is 1.13. The standard InChI is InChI=1S/C12H17N3O2/c1-8(2)7-17-12(16)15-10-5-3-9(4-6-10)11(13)14/h3-6,8H,7H2,1-2H3,(H3,13,14)(H,15,16). The number of benzene rings is 1. The van der Waals surface area contributed by atoms with Gasteiger partial charge in [0.05, 0.1) is 6.61 Å². The zero-order valence-electron chi connectivity index (χ0n) is 9.99. The van der Waals surface area contributed by atoms with E-state index < -0.39 is 6.09 Å². The minimum Gasteiger partial charge on any atom is -0.449 e. The molecule has 4 N–H and O–H groups in total. The third-order valence-corrected chi connectivity index (χ3v) is 1.99. The number of nitrogen functional groups attached to an aromatic ring is 1. The summed E-state index contributed by atoms with van der Waals surface area (Å²) in [6, 6.07) is 6.68. The number of anilines is 1. The first-order valence-electron chi connectivity index (χ1n) is 5.37. The maximum absolute atomic E-state index is 11.3. The van der Waals surface area contributed by atoms with E-state index in [1.54, 1.807) is 24.3 Å². The first-order valence-corrected chi connectivity index (χ1v) is 5.37. The van der Waals surface area contributed by atoms with E-state index in [1.165, 1.54) is 0 Å². The molecular weight excluding hydrogens is 218 g/mol. The molecule has 0 radical (unpaired) electrons. The summed E-state index contributed by atoms with van der Waals surface area (Å²) in [5.41, 5.74) is 6.55. The van der Waals surface area contributed by atoms with E-state index in [1.807, 2.05) is 13.8 Å². The molecule has 0 unspecified atom stereocenters. The van der Waals surface area contributed by atoms with Gasteiger partial charge in [-0.1, -0.05) is 13.8 Å². The van der Waals surface area contributed by atoms with Gasteiger partial charge in [-0.3, -0.25) is 10.7 Å². The summed E-state index contributed by atoms with van der Waals surface area (Å²) >= 11 is 0. The van der Waals surface area contributed by atoms with E-state index in [4.69, 9.17) is 15.9 Å². The van der Waals surface area contributed by atoms with Gasteiger partial charge in [-0.2, -0.15) is 0 Å². The highest BCUT2D eigenvalue weighted by Crippen LogP contribution is 2.09.